The van der Waals surface area contributed by atoms with Crippen molar-refractivity contribution in [1.29, 1.82) is 0 Å². The van der Waals surface area contributed by atoms with Crippen LogP contribution < -0.4 is 14.8 Å². The van der Waals surface area contributed by atoms with Crippen molar-refractivity contribution in [2.24, 2.45) is 0 Å². The summed E-state index contributed by atoms with van der Waals surface area (Å²) >= 11 is 5.64. The molecule has 0 heterocycles. The minimum Gasteiger partial charge on any atom is -0.493 e. The number of methoxy groups -OCH3 is 2. The van der Waals surface area contributed by atoms with Gasteiger partial charge in [0.1, 0.15) is 5.82 Å². The van der Waals surface area contributed by atoms with Crippen molar-refractivity contribution in [2.75, 3.05) is 19.5 Å². The molecule has 0 saturated carbocycles. The van der Waals surface area contributed by atoms with Crippen molar-refractivity contribution in [1.82, 2.24) is 0 Å². The SMILES string of the molecule is COc1ccc(NCc2ccc(Cl)c(F)c2)cc1OC. The van der Waals surface area contributed by atoms with Crippen LogP contribution in [-0.2, 0) is 6.54 Å². The number of hydrogen-bond acceptors (Lipinski definition) is 3. The second-order valence-corrected chi connectivity index (χ2v) is 4.58. The highest BCUT2D eigenvalue weighted by molar-refractivity contribution is 6.30. The lowest BCUT2D eigenvalue weighted by Gasteiger charge is -2.11. The van der Waals surface area contributed by atoms with Gasteiger partial charge in [-0.25, -0.2) is 4.39 Å². The molecule has 1 N–H and O–H groups in total. The number of hydrogen-bond donors (Lipinski definition) is 1. The number of benzene rings is 2. The van der Waals surface area contributed by atoms with Crippen molar-refractivity contribution in [3.63, 3.8) is 0 Å². The zero-order chi connectivity index (χ0) is 14.5. The highest BCUT2D eigenvalue weighted by atomic mass is 35.5. The van der Waals surface area contributed by atoms with Crippen molar-refractivity contribution in [3.8, 4) is 11.5 Å². The predicted octanol–water partition coefficient (Wildman–Crippen LogP) is 4.11. The number of nitrogens with one attached hydrogen (secondary N) is 1. The van der Waals surface area contributed by atoms with Crippen molar-refractivity contribution in [2.45, 2.75) is 6.54 Å². The van der Waals surface area contributed by atoms with E-state index in [-0.39, 0.29) is 5.02 Å². The van der Waals surface area contributed by atoms with Crippen LogP contribution in [0.3, 0.4) is 0 Å². The second-order valence-electron chi connectivity index (χ2n) is 4.17. The van der Waals surface area contributed by atoms with E-state index in [9.17, 15) is 4.39 Å². The summed E-state index contributed by atoms with van der Waals surface area (Å²) in [7, 11) is 3.16. The van der Waals surface area contributed by atoms with E-state index in [1.807, 2.05) is 18.2 Å². The van der Waals surface area contributed by atoms with Crippen molar-refractivity contribution >= 4 is 17.3 Å². The molecule has 0 atom stereocenters. The maximum absolute atomic E-state index is 13.3. The first-order valence-corrected chi connectivity index (χ1v) is 6.41. The first-order chi connectivity index (χ1) is 9.63. The van der Waals surface area contributed by atoms with E-state index >= 15 is 0 Å². The largest absolute Gasteiger partial charge is 0.493 e. The summed E-state index contributed by atoms with van der Waals surface area (Å²) in [5, 5.41) is 3.31. The molecule has 3 nitrogen and oxygen atoms in total. The highest BCUT2D eigenvalue weighted by Crippen LogP contribution is 2.30. The van der Waals surface area contributed by atoms with Gasteiger partial charge in [0, 0.05) is 18.3 Å². The van der Waals surface area contributed by atoms with Crippen LogP contribution in [0.25, 0.3) is 0 Å². The zero-order valence-electron chi connectivity index (χ0n) is 11.2. The van der Waals surface area contributed by atoms with E-state index in [2.05, 4.69) is 5.32 Å². The molecular formula is C15H15ClFNO2. The average molecular weight is 296 g/mol. The Morgan fingerprint density at radius 3 is 2.45 bits per heavy atom. The van der Waals surface area contributed by atoms with Gasteiger partial charge in [0.05, 0.1) is 19.2 Å². The number of ether oxygens (including phenoxy) is 2. The molecule has 0 aliphatic carbocycles. The lowest BCUT2D eigenvalue weighted by Crippen LogP contribution is -2.00. The quantitative estimate of drug-likeness (QED) is 0.900. The van der Waals surface area contributed by atoms with E-state index in [0.29, 0.717) is 18.0 Å². The first-order valence-electron chi connectivity index (χ1n) is 6.04. The molecular weight excluding hydrogens is 281 g/mol. The fraction of sp³-hybridized carbons (Fsp3) is 0.200. The lowest BCUT2D eigenvalue weighted by atomic mass is 10.2. The van der Waals surface area contributed by atoms with E-state index in [1.54, 1.807) is 26.4 Å². The molecule has 0 radical (unpaired) electrons. The van der Waals surface area contributed by atoms with E-state index in [0.717, 1.165) is 11.3 Å². The third kappa shape index (κ3) is 3.33. The Morgan fingerprint density at radius 1 is 1.05 bits per heavy atom. The molecule has 0 aliphatic heterocycles. The average Bonchev–Trinajstić information content (AvgIpc) is 2.48. The Bertz CT molecular complexity index is 604. The fourth-order valence-corrected chi connectivity index (χ4v) is 1.92. The van der Waals surface area contributed by atoms with Gasteiger partial charge in [-0.2, -0.15) is 0 Å². The Hall–Kier alpha value is -1.94. The summed E-state index contributed by atoms with van der Waals surface area (Å²) in [5.74, 6) is 0.883. The summed E-state index contributed by atoms with van der Waals surface area (Å²) in [5.41, 5.74) is 1.67. The molecule has 0 aliphatic rings. The molecule has 0 aromatic heterocycles. The maximum Gasteiger partial charge on any atom is 0.162 e. The predicted molar refractivity (Wildman–Crippen MR) is 78.3 cm³/mol. The summed E-state index contributed by atoms with van der Waals surface area (Å²) in [6, 6.07) is 10.2. The van der Waals surface area contributed by atoms with Crippen LogP contribution in [0.2, 0.25) is 5.02 Å². The van der Waals surface area contributed by atoms with Crippen molar-refractivity contribution in [3.05, 3.63) is 52.8 Å². The Labute approximate surface area is 122 Å². The van der Waals surface area contributed by atoms with Gasteiger partial charge in [-0.15, -0.1) is 0 Å². The van der Waals surface area contributed by atoms with Gasteiger partial charge >= 0.3 is 0 Å². The van der Waals surface area contributed by atoms with Gasteiger partial charge in [0.25, 0.3) is 0 Å². The summed E-state index contributed by atoms with van der Waals surface area (Å²) in [6.07, 6.45) is 0. The third-order valence-electron chi connectivity index (χ3n) is 2.86. The molecule has 0 amide bonds. The summed E-state index contributed by atoms with van der Waals surface area (Å²) in [6.45, 7) is 0.490. The number of halogens is 2. The van der Waals surface area contributed by atoms with Gasteiger partial charge in [-0.1, -0.05) is 17.7 Å². The zero-order valence-corrected chi connectivity index (χ0v) is 12.0. The van der Waals surface area contributed by atoms with Crippen LogP contribution in [0, 0.1) is 5.82 Å². The van der Waals surface area contributed by atoms with Gasteiger partial charge in [-0.3, -0.25) is 0 Å². The molecule has 2 rings (SSSR count). The van der Waals surface area contributed by atoms with Crippen LogP contribution in [0.1, 0.15) is 5.56 Å². The van der Waals surface area contributed by atoms with Crippen LogP contribution in [-0.4, -0.2) is 14.2 Å². The topological polar surface area (TPSA) is 30.5 Å². The Morgan fingerprint density at radius 2 is 1.80 bits per heavy atom. The Kier molecular flexibility index (Phi) is 4.69. The van der Waals surface area contributed by atoms with Gasteiger partial charge in [0.2, 0.25) is 0 Å². The molecule has 106 valence electrons. The minimum atomic E-state index is -0.418. The Balaban J connectivity index is 2.08. The molecule has 0 spiro atoms. The standard InChI is InChI=1S/C15H15ClFNO2/c1-19-14-6-4-11(8-15(14)20-2)18-9-10-3-5-12(16)13(17)7-10/h3-8,18H,9H2,1-2H3. The smallest absolute Gasteiger partial charge is 0.162 e. The second kappa shape index (κ2) is 6.48. The normalized spacial score (nSPS) is 10.2. The van der Waals surface area contributed by atoms with Gasteiger partial charge in [0.15, 0.2) is 11.5 Å². The molecule has 20 heavy (non-hydrogen) atoms. The molecule has 2 aromatic carbocycles. The molecule has 0 unspecified atom stereocenters. The van der Waals surface area contributed by atoms with Crippen molar-refractivity contribution < 1.29 is 13.9 Å². The highest BCUT2D eigenvalue weighted by Gasteiger charge is 2.05. The van der Waals surface area contributed by atoms with E-state index in [4.69, 9.17) is 21.1 Å². The van der Waals surface area contributed by atoms with Gasteiger partial charge in [-0.05, 0) is 29.8 Å². The lowest BCUT2D eigenvalue weighted by molar-refractivity contribution is 0.355. The number of rotatable bonds is 5. The molecule has 0 bridgehead atoms. The minimum absolute atomic E-state index is 0.125. The van der Waals surface area contributed by atoms with Gasteiger partial charge < -0.3 is 14.8 Å². The van der Waals surface area contributed by atoms with Crippen LogP contribution in [0.15, 0.2) is 36.4 Å². The molecule has 0 saturated heterocycles. The van der Waals surface area contributed by atoms with E-state index in [1.165, 1.54) is 6.07 Å². The van der Waals surface area contributed by atoms with Crippen LogP contribution in [0.4, 0.5) is 10.1 Å². The third-order valence-corrected chi connectivity index (χ3v) is 3.17. The monoisotopic (exact) mass is 295 g/mol. The fourth-order valence-electron chi connectivity index (χ4n) is 1.80. The number of anilines is 1. The summed E-state index contributed by atoms with van der Waals surface area (Å²) < 4.78 is 23.7. The van der Waals surface area contributed by atoms with Crippen LogP contribution >= 0.6 is 11.6 Å². The molecule has 5 heteroatoms. The maximum atomic E-state index is 13.3. The molecule has 2 aromatic rings. The first kappa shape index (κ1) is 14.5. The molecule has 0 fully saturated rings. The van der Waals surface area contributed by atoms with Crippen LogP contribution in [0.5, 0.6) is 11.5 Å². The summed E-state index contributed by atoms with van der Waals surface area (Å²) in [4.78, 5) is 0. The van der Waals surface area contributed by atoms with E-state index < -0.39 is 5.82 Å².